The second kappa shape index (κ2) is 12.1. The van der Waals surface area contributed by atoms with Gasteiger partial charge in [0.05, 0.1) is 44.9 Å². The van der Waals surface area contributed by atoms with E-state index >= 15 is 0 Å². The maximum atomic E-state index is 13.9. The van der Waals surface area contributed by atoms with E-state index in [4.69, 9.17) is 9.72 Å². The van der Waals surface area contributed by atoms with Gasteiger partial charge in [0.25, 0.3) is 0 Å². The summed E-state index contributed by atoms with van der Waals surface area (Å²) in [6.07, 6.45) is 11.7. The molecule has 3 aliphatic rings. The number of nitrogens with zero attached hydrogens (tertiary/aromatic N) is 6. The highest BCUT2D eigenvalue weighted by molar-refractivity contribution is 7.18. The number of pyridine rings is 1. The van der Waals surface area contributed by atoms with Crippen LogP contribution >= 0.6 is 11.3 Å². The Hall–Kier alpha value is -3.41. The molecule has 10 nitrogen and oxygen atoms in total. The van der Waals surface area contributed by atoms with Crippen molar-refractivity contribution in [1.82, 2.24) is 29.5 Å². The largest absolute Gasteiger partial charge is 0.356 e. The zero-order chi connectivity index (χ0) is 31.3. The summed E-state index contributed by atoms with van der Waals surface area (Å²) in [7, 11) is 2.21. The van der Waals surface area contributed by atoms with Gasteiger partial charge in [0, 0.05) is 36.2 Å². The van der Waals surface area contributed by atoms with E-state index in [2.05, 4.69) is 66.3 Å². The summed E-state index contributed by atoms with van der Waals surface area (Å²) in [5.41, 5.74) is 3.35. The molecule has 45 heavy (non-hydrogen) atoms. The summed E-state index contributed by atoms with van der Waals surface area (Å²) >= 11 is 1.79. The minimum absolute atomic E-state index is 0.150. The molecular formula is C34H43N7O3S. The number of fused-ring (bicyclic) bond motifs is 2. The first-order chi connectivity index (χ1) is 21.7. The quantitative estimate of drug-likeness (QED) is 0.266. The minimum atomic E-state index is -0.664. The molecule has 1 unspecified atom stereocenters. The van der Waals surface area contributed by atoms with Crippen LogP contribution in [-0.2, 0) is 14.3 Å². The summed E-state index contributed by atoms with van der Waals surface area (Å²) < 4.78 is 8.96. The molecule has 0 aliphatic carbocycles. The average molecular weight is 630 g/mol. The van der Waals surface area contributed by atoms with Crippen molar-refractivity contribution in [3.05, 3.63) is 47.4 Å². The number of amides is 2. The minimum Gasteiger partial charge on any atom is -0.356 e. The number of thiazole rings is 1. The molecule has 238 valence electrons. The molecule has 3 saturated heterocycles. The average Bonchev–Trinajstić information content (AvgIpc) is 3.67. The molecule has 0 spiro atoms. The van der Waals surface area contributed by atoms with E-state index < -0.39 is 11.8 Å². The Bertz CT molecular complexity index is 1730. The lowest BCUT2D eigenvalue weighted by Gasteiger charge is -2.43. The van der Waals surface area contributed by atoms with E-state index in [9.17, 15) is 9.59 Å². The molecule has 7 rings (SSSR count). The summed E-state index contributed by atoms with van der Waals surface area (Å²) in [6, 6.07) is 6.22. The van der Waals surface area contributed by atoms with Crippen molar-refractivity contribution in [2.45, 2.75) is 89.4 Å². The number of nitrogens with one attached hydrogen (secondary N) is 1. The Morgan fingerprint density at radius 2 is 1.96 bits per heavy atom. The number of hydrogen-bond donors (Lipinski definition) is 1. The highest BCUT2D eigenvalue weighted by atomic mass is 32.1. The Labute approximate surface area is 268 Å². The van der Waals surface area contributed by atoms with Crippen LogP contribution in [0.5, 0.6) is 0 Å². The Morgan fingerprint density at radius 3 is 2.76 bits per heavy atom. The second-order valence-corrected chi connectivity index (χ2v) is 14.9. The summed E-state index contributed by atoms with van der Waals surface area (Å²) in [6.45, 7) is 9.04. The van der Waals surface area contributed by atoms with Crippen LogP contribution in [0, 0.1) is 5.92 Å². The molecule has 0 saturated carbocycles. The van der Waals surface area contributed by atoms with Crippen molar-refractivity contribution >= 4 is 50.0 Å². The molecule has 3 fully saturated rings. The Balaban J connectivity index is 1.13. The van der Waals surface area contributed by atoms with Gasteiger partial charge in [-0.05, 0) is 96.0 Å². The van der Waals surface area contributed by atoms with Crippen LogP contribution in [-0.4, -0.2) is 73.6 Å². The van der Waals surface area contributed by atoms with E-state index in [0.29, 0.717) is 30.7 Å². The van der Waals surface area contributed by atoms with Crippen LogP contribution in [0.2, 0.25) is 0 Å². The zero-order valence-corrected chi connectivity index (χ0v) is 27.5. The lowest BCUT2D eigenvalue weighted by molar-refractivity contribution is -0.146. The fourth-order valence-electron chi connectivity index (χ4n) is 7.33. The van der Waals surface area contributed by atoms with Gasteiger partial charge in [-0.2, -0.15) is 5.10 Å². The number of anilines is 1. The van der Waals surface area contributed by atoms with Gasteiger partial charge in [0.2, 0.25) is 0 Å². The van der Waals surface area contributed by atoms with Gasteiger partial charge in [0.1, 0.15) is 0 Å². The monoisotopic (exact) mass is 629 g/mol. The fourth-order valence-corrected chi connectivity index (χ4v) is 8.41. The summed E-state index contributed by atoms with van der Waals surface area (Å²) in [4.78, 5) is 41.1. The number of hydrogen-bond acceptors (Lipinski definition) is 8. The third-order valence-electron chi connectivity index (χ3n) is 10.2. The molecular weight excluding hydrogens is 586 g/mol. The normalized spacial score (nSPS) is 25.9. The number of carbonyl (C=O) groups excluding carboxylic acids is 2. The molecule has 6 heterocycles. The number of ether oxygens (including phenoxy) is 1. The second-order valence-electron chi connectivity index (χ2n) is 13.8. The maximum absolute atomic E-state index is 13.9. The van der Waals surface area contributed by atoms with Crippen LogP contribution in [0.1, 0.15) is 94.5 Å². The highest BCUT2D eigenvalue weighted by Crippen LogP contribution is 2.41. The first-order valence-corrected chi connectivity index (χ1v) is 17.2. The third-order valence-corrected chi connectivity index (χ3v) is 11.4. The van der Waals surface area contributed by atoms with Crippen molar-refractivity contribution in [2.24, 2.45) is 5.92 Å². The van der Waals surface area contributed by atoms with Crippen LogP contribution < -0.4 is 5.32 Å². The van der Waals surface area contributed by atoms with Crippen LogP contribution in [0.25, 0.3) is 21.1 Å². The molecule has 11 heteroatoms. The zero-order valence-electron chi connectivity index (χ0n) is 26.7. The standard InChI is InChI=1S/C34H43N7O3S/c1-21-8-10-27(22-9-11-28-25(15-22)38-32(45-28)23-12-13-39(4)34(2,3)16-23)40(20-21)33(43)31(42)37-26-19-35-17-24-18-36-41(30(24)26)29-7-5-6-14-44-29/h9,11,15,17-19,21,23,27,29H,5-8,10,12-14,16,20H2,1-4H3,(H,37,42)/t21-,23-,27+,29?/m0/s1. The van der Waals surface area contributed by atoms with Crippen LogP contribution in [0.15, 0.2) is 36.8 Å². The van der Waals surface area contributed by atoms with Crippen LogP contribution in [0.3, 0.4) is 0 Å². The predicted octanol–water partition coefficient (Wildman–Crippen LogP) is 6.27. The summed E-state index contributed by atoms with van der Waals surface area (Å²) in [5.74, 6) is -0.441. The van der Waals surface area contributed by atoms with Gasteiger partial charge in [0.15, 0.2) is 6.23 Å². The van der Waals surface area contributed by atoms with Gasteiger partial charge >= 0.3 is 11.8 Å². The summed E-state index contributed by atoms with van der Waals surface area (Å²) in [5, 5.41) is 9.43. The van der Waals surface area contributed by atoms with E-state index in [0.717, 1.165) is 73.5 Å². The van der Waals surface area contributed by atoms with Gasteiger partial charge in [-0.3, -0.25) is 14.6 Å². The topological polar surface area (TPSA) is 105 Å². The molecule has 0 radical (unpaired) electrons. The molecule has 3 aliphatic heterocycles. The van der Waals surface area contributed by atoms with E-state index in [1.807, 2.05) is 4.68 Å². The SMILES string of the molecule is C[C@H]1CC[C@H](c2ccc3sc([C@H]4CCN(C)C(C)(C)C4)nc3c2)N(C(=O)C(=O)Nc2cncc3cnn(C4CCCCO4)c23)C1. The molecule has 0 bridgehead atoms. The van der Waals surface area contributed by atoms with Gasteiger partial charge < -0.3 is 19.9 Å². The first-order valence-electron chi connectivity index (χ1n) is 16.3. The van der Waals surface area contributed by atoms with E-state index in [1.165, 1.54) is 9.71 Å². The van der Waals surface area contributed by atoms with Gasteiger partial charge in [-0.25, -0.2) is 9.67 Å². The highest BCUT2D eigenvalue weighted by Gasteiger charge is 2.36. The molecule has 4 aromatic rings. The Kier molecular flexibility index (Phi) is 8.12. The molecule has 3 aromatic heterocycles. The Morgan fingerprint density at radius 1 is 1.09 bits per heavy atom. The smallest absolute Gasteiger partial charge is 0.314 e. The maximum Gasteiger partial charge on any atom is 0.314 e. The molecule has 1 aromatic carbocycles. The number of carbonyl (C=O) groups is 2. The van der Waals surface area contributed by atoms with Crippen molar-refractivity contribution < 1.29 is 14.3 Å². The number of aromatic nitrogens is 4. The lowest BCUT2D eigenvalue weighted by atomic mass is 9.83. The van der Waals surface area contributed by atoms with Crippen molar-refractivity contribution in [3.63, 3.8) is 0 Å². The van der Waals surface area contributed by atoms with Crippen molar-refractivity contribution in [1.29, 1.82) is 0 Å². The van der Waals surface area contributed by atoms with Gasteiger partial charge in [-0.1, -0.05) is 13.0 Å². The predicted molar refractivity (Wildman–Crippen MR) is 176 cm³/mol. The number of rotatable bonds is 4. The van der Waals surface area contributed by atoms with E-state index in [-0.39, 0.29) is 17.8 Å². The molecule has 1 N–H and O–H groups in total. The molecule has 2 amide bonds. The third kappa shape index (κ3) is 5.86. The first kappa shape index (κ1) is 30.3. The number of piperidine rings is 2. The van der Waals surface area contributed by atoms with Crippen LogP contribution in [0.4, 0.5) is 5.69 Å². The number of likely N-dealkylation sites (tertiary alicyclic amines) is 2. The van der Waals surface area contributed by atoms with Gasteiger partial charge in [-0.15, -0.1) is 11.3 Å². The lowest BCUT2D eigenvalue weighted by Crippen LogP contribution is -2.46. The van der Waals surface area contributed by atoms with Crippen molar-refractivity contribution in [3.8, 4) is 0 Å². The van der Waals surface area contributed by atoms with Crippen molar-refractivity contribution in [2.75, 3.05) is 32.1 Å². The van der Waals surface area contributed by atoms with E-state index in [1.54, 1.807) is 34.8 Å². The molecule has 4 atom stereocenters. The fraction of sp³-hybridized carbons (Fsp3) is 0.559. The number of benzene rings is 1.